The molecule has 1 unspecified atom stereocenters. The van der Waals surface area contributed by atoms with Gasteiger partial charge in [-0.25, -0.2) is 0 Å². The monoisotopic (exact) mass is 414 g/mol. The summed E-state index contributed by atoms with van der Waals surface area (Å²) >= 11 is 0. The van der Waals surface area contributed by atoms with Gasteiger partial charge in [0, 0.05) is 26.1 Å². The van der Waals surface area contributed by atoms with Crippen molar-refractivity contribution in [2.75, 3.05) is 32.8 Å². The molecule has 1 atom stereocenters. The third-order valence-corrected chi connectivity index (χ3v) is 5.07. The van der Waals surface area contributed by atoms with Crippen LogP contribution < -0.4 is 15.4 Å². The minimum atomic E-state index is 0.214. The molecule has 0 aliphatic carbocycles. The van der Waals surface area contributed by atoms with Gasteiger partial charge in [0.05, 0.1) is 19.2 Å². The lowest BCUT2D eigenvalue weighted by Crippen LogP contribution is -2.41. The first-order valence-corrected chi connectivity index (χ1v) is 10.9. The van der Waals surface area contributed by atoms with Gasteiger partial charge in [-0.05, 0) is 38.3 Å². The molecule has 1 aromatic carbocycles. The third-order valence-electron chi connectivity index (χ3n) is 5.07. The van der Waals surface area contributed by atoms with E-state index in [1.54, 1.807) is 6.33 Å². The quantitative estimate of drug-likeness (QED) is 0.353. The number of aliphatic imine (C=N–C) groups is 1. The number of hydrogen-bond acceptors (Lipinski definition) is 5. The van der Waals surface area contributed by atoms with E-state index in [2.05, 4.69) is 51.4 Å². The van der Waals surface area contributed by atoms with E-state index in [0.717, 1.165) is 56.5 Å². The fourth-order valence-corrected chi connectivity index (χ4v) is 3.33. The molecule has 0 amide bonds. The number of rotatable bonds is 10. The highest BCUT2D eigenvalue weighted by Crippen LogP contribution is 2.13. The molecule has 1 aliphatic rings. The number of hydrogen-bond donors (Lipinski definition) is 2. The Kier molecular flexibility index (Phi) is 8.96. The Balaban J connectivity index is 1.46. The van der Waals surface area contributed by atoms with Gasteiger partial charge in [-0.1, -0.05) is 24.6 Å². The molecule has 1 aromatic heterocycles. The molecule has 2 N–H and O–H groups in total. The van der Waals surface area contributed by atoms with Crippen LogP contribution in [0.3, 0.4) is 0 Å². The van der Waals surface area contributed by atoms with E-state index in [9.17, 15) is 0 Å². The Morgan fingerprint density at radius 1 is 1.23 bits per heavy atom. The SMILES string of the molecule is CCc1nncn1CCNC(=NCC1CCCCO1)NCCOc1ccc(C)cc1. The zero-order chi connectivity index (χ0) is 21.0. The summed E-state index contributed by atoms with van der Waals surface area (Å²) < 4.78 is 13.7. The summed E-state index contributed by atoms with van der Waals surface area (Å²) in [6.45, 7) is 8.42. The van der Waals surface area contributed by atoms with Crippen LogP contribution in [0.15, 0.2) is 35.6 Å². The van der Waals surface area contributed by atoms with Crippen molar-refractivity contribution >= 4 is 5.96 Å². The Morgan fingerprint density at radius 2 is 2.07 bits per heavy atom. The van der Waals surface area contributed by atoms with E-state index in [1.165, 1.54) is 12.0 Å². The molecule has 30 heavy (non-hydrogen) atoms. The van der Waals surface area contributed by atoms with Crippen LogP contribution in [0.25, 0.3) is 0 Å². The van der Waals surface area contributed by atoms with Crippen molar-refractivity contribution in [1.29, 1.82) is 0 Å². The molecule has 2 heterocycles. The third kappa shape index (κ3) is 7.33. The zero-order valence-electron chi connectivity index (χ0n) is 18.1. The number of aryl methyl sites for hydroxylation is 2. The number of nitrogens with one attached hydrogen (secondary N) is 2. The van der Waals surface area contributed by atoms with Crippen molar-refractivity contribution in [2.45, 2.75) is 52.2 Å². The lowest BCUT2D eigenvalue weighted by molar-refractivity contribution is 0.0224. The molecule has 2 aromatic rings. The van der Waals surface area contributed by atoms with E-state index in [-0.39, 0.29) is 6.10 Å². The topological polar surface area (TPSA) is 85.6 Å². The van der Waals surface area contributed by atoms with Gasteiger partial charge in [0.1, 0.15) is 24.5 Å². The molecule has 0 spiro atoms. The largest absolute Gasteiger partial charge is 0.492 e. The molecular formula is C22H34N6O2. The van der Waals surface area contributed by atoms with Gasteiger partial charge < -0.3 is 24.7 Å². The van der Waals surface area contributed by atoms with Gasteiger partial charge in [0.2, 0.25) is 0 Å². The predicted molar refractivity (Wildman–Crippen MR) is 118 cm³/mol. The second-order valence-corrected chi connectivity index (χ2v) is 7.49. The van der Waals surface area contributed by atoms with E-state index in [0.29, 0.717) is 19.7 Å². The van der Waals surface area contributed by atoms with Gasteiger partial charge >= 0.3 is 0 Å². The van der Waals surface area contributed by atoms with Crippen LogP contribution in [0.5, 0.6) is 5.75 Å². The molecule has 1 aliphatic heterocycles. The van der Waals surface area contributed by atoms with Crippen LogP contribution in [0.2, 0.25) is 0 Å². The van der Waals surface area contributed by atoms with Crippen LogP contribution in [0, 0.1) is 6.92 Å². The molecule has 0 radical (unpaired) electrons. The van der Waals surface area contributed by atoms with E-state index in [1.807, 2.05) is 12.1 Å². The number of benzene rings is 1. The second-order valence-electron chi connectivity index (χ2n) is 7.49. The smallest absolute Gasteiger partial charge is 0.191 e. The fourth-order valence-electron chi connectivity index (χ4n) is 3.33. The van der Waals surface area contributed by atoms with Gasteiger partial charge in [-0.2, -0.15) is 0 Å². The van der Waals surface area contributed by atoms with Gasteiger partial charge in [0.15, 0.2) is 5.96 Å². The van der Waals surface area contributed by atoms with Crippen LogP contribution >= 0.6 is 0 Å². The number of nitrogens with zero attached hydrogens (tertiary/aromatic N) is 4. The Bertz CT molecular complexity index is 768. The Hall–Kier alpha value is -2.61. The van der Waals surface area contributed by atoms with Crippen LogP contribution in [0.4, 0.5) is 0 Å². The average molecular weight is 415 g/mol. The molecule has 8 heteroatoms. The number of aromatic nitrogens is 3. The van der Waals surface area contributed by atoms with Gasteiger partial charge in [0.25, 0.3) is 0 Å². The normalized spacial score (nSPS) is 17.0. The maximum Gasteiger partial charge on any atom is 0.191 e. The predicted octanol–water partition coefficient (Wildman–Crippen LogP) is 2.33. The maximum atomic E-state index is 5.81. The first-order chi connectivity index (χ1) is 14.7. The molecule has 8 nitrogen and oxygen atoms in total. The van der Waals surface area contributed by atoms with Crippen molar-refractivity contribution in [2.24, 2.45) is 4.99 Å². The summed E-state index contributed by atoms with van der Waals surface area (Å²) in [5.74, 6) is 2.65. The standard InChI is InChI=1S/C22H34N6O2/c1-3-21-27-26-17-28(21)13-11-23-22(25-16-20-6-4-5-14-29-20)24-12-15-30-19-9-7-18(2)8-10-19/h7-10,17,20H,3-6,11-16H2,1-2H3,(H2,23,24,25). The Labute approximate surface area is 179 Å². The van der Waals surface area contributed by atoms with Crippen molar-refractivity contribution in [3.63, 3.8) is 0 Å². The van der Waals surface area contributed by atoms with Gasteiger partial charge in [-0.3, -0.25) is 4.99 Å². The maximum absolute atomic E-state index is 5.81. The summed E-state index contributed by atoms with van der Waals surface area (Å²) in [5.41, 5.74) is 1.23. The fraction of sp³-hybridized carbons (Fsp3) is 0.591. The van der Waals surface area contributed by atoms with Crippen LogP contribution in [-0.2, 0) is 17.7 Å². The first kappa shape index (κ1) is 22.1. The number of ether oxygens (including phenoxy) is 2. The van der Waals surface area contributed by atoms with Crippen LogP contribution in [0.1, 0.15) is 37.6 Å². The van der Waals surface area contributed by atoms with E-state index < -0.39 is 0 Å². The highest BCUT2D eigenvalue weighted by molar-refractivity contribution is 5.79. The summed E-state index contributed by atoms with van der Waals surface area (Å²) in [6.07, 6.45) is 6.30. The van der Waals surface area contributed by atoms with Crippen molar-refractivity contribution in [3.05, 3.63) is 42.0 Å². The highest BCUT2D eigenvalue weighted by Gasteiger charge is 2.13. The molecular weight excluding hydrogens is 380 g/mol. The highest BCUT2D eigenvalue weighted by atomic mass is 16.5. The summed E-state index contributed by atoms with van der Waals surface area (Å²) in [7, 11) is 0. The first-order valence-electron chi connectivity index (χ1n) is 10.9. The zero-order valence-corrected chi connectivity index (χ0v) is 18.1. The number of guanidine groups is 1. The Morgan fingerprint density at radius 3 is 2.83 bits per heavy atom. The summed E-state index contributed by atoms with van der Waals surface area (Å²) in [5, 5.41) is 14.9. The lowest BCUT2D eigenvalue weighted by atomic mass is 10.1. The van der Waals surface area contributed by atoms with Crippen molar-refractivity contribution in [3.8, 4) is 5.75 Å². The second kappa shape index (κ2) is 12.2. The molecule has 1 fully saturated rings. The van der Waals surface area contributed by atoms with E-state index >= 15 is 0 Å². The average Bonchev–Trinajstić information content (AvgIpc) is 3.24. The van der Waals surface area contributed by atoms with Gasteiger partial charge in [-0.15, -0.1) is 10.2 Å². The molecule has 1 saturated heterocycles. The molecule has 0 saturated carbocycles. The van der Waals surface area contributed by atoms with Crippen LogP contribution in [-0.4, -0.2) is 59.7 Å². The lowest BCUT2D eigenvalue weighted by Gasteiger charge is -2.21. The van der Waals surface area contributed by atoms with E-state index in [4.69, 9.17) is 14.5 Å². The van der Waals surface area contributed by atoms with Crippen molar-refractivity contribution in [1.82, 2.24) is 25.4 Å². The summed E-state index contributed by atoms with van der Waals surface area (Å²) in [4.78, 5) is 4.74. The molecule has 0 bridgehead atoms. The molecule has 3 rings (SSSR count). The minimum Gasteiger partial charge on any atom is -0.492 e. The van der Waals surface area contributed by atoms with Crippen molar-refractivity contribution < 1.29 is 9.47 Å². The molecule has 164 valence electrons. The minimum absolute atomic E-state index is 0.214. The summed E-state index contributed by atoms with van der Waals surface area (Å²) in [6, 6.07) is 8.09.